The molecule has 0 radical (unpaired) electrons. The third kappa shape index (κ3) is 6.90. The summed E-state index contributed by atoms with van der Waals surface area (Å²) in [4.78, 5) is 29.0. The van der Waals surface area contributed by atoms with Gasteiger partial charge < -0.3 is 20.5 Å². The largest absolute Gasteiger partial charge is 0.506 e. The van der Waals surface area contributed by atoms with Crippen molar-refractivity contribution < 1.29 is 19.4 Å². The molecule has 1 aromatic rings. The van der Waals surface area contributed by atoms with Crippen molar-refractivity contribution in [2.45, 2.75) is 77.0 Å². The number of hydrogen-bond donors (Lipinski definition) is 3. The first-order chi connectivity index (χ1) is 12.2. The summed E-state index contributed by atoms with van der Waals surface area (Å²) in [6.45, 7) is 5.31. The van der Waals surface area contributed by atoms with Gasteiger partial charge in [-0.3, -0.25) is 9.78 Å². The van der Waals surface area contributed by atoms with Crippen LogP contribution < -0.4 is 10.6 Å². The smallest absolute Gasteiger partial charge is 0.408 e. The van der Waals surface area contributed by atoms with E-state index in [0.717, 1.165) is 25.7 Å². The van der Waals surface area contributed by atoms with Gasteiger partial charge in [0.25, 0.3) is 0 Å². The molecule has 1 aliphatic rings. The summed E-state index contributed by atoms with van der Waals surface area (Å²) in [6, 6.07) is 2.50. The highest BCUT2D eigenvalue weighted by molar-refractivity contribution is 5.86. The Hall–Kier alpha value is -2.31. The van der Waals surface area contributed by atoms with Gasteiger partial charge >= 0.3 is 6.09 Å². The van der Waals surface area contributed by atoms with Gasteiger partial charge in [0, 0.05) is 18.2 Å². The fourth-order valence-corrected chi connectivity index (χ4v) is 2.95. The molecule has 7 nitrogen and oxygen atoms in total. The molecular weight excluding hydrogens is 334 g/mol. The molecule has 1 fully saturated rings. The summed E-state index contributed by atoms with van der Waals surface area (Å²) < 4.78 is 5.27. The molecule has 144 valence electrons. The molecule has 1 aliphatic carbocycles. The molecule has 0 aromatic carbocycles. The van der Waals surface area contributed by atoms with Crippen molar-refractivity contribution in [2.24, 2.45) is 0 Å². The van der Waals surface area contributed by atoms with E-state index in [-0.39, 0.29) is 24.1 Å². The van der Waals surface area contributed by atoms with Gasteiger partial charge in [-0.25, -0.2) is 4.79 Å². The van der Waals surface area contributed by atoms with Crippen molar-refractivity contribution >= 4 is 12.0 Å². The summed E-state index contributed by atoms with van der Waals surface area (Å²) in [5.74, 6) is -0.185. The molecule has 3 N–H and O–H groups in total. The van der Waals surface area contributed by atoms with Gasteiger partial charge in [0.1, 0.15) is 17.4 Å². The summed E-state index contributed by atoms with van der Waals surface area (Å²) in [6.07, 6.45) is 6.23. The first-order valence-electron chi connectivity index (χ1n) is 9.17. The Morgan fingerprint density at radius 1 is 1.27 bits per heavy atom. The molecule has 2 amide bonds. The number of carbonyl (C=O) groups is 2. The fourth-order valence-electron chi connectivity index (χ4n) is 2.95. The molecule has 0 spiro atoms. The fraction of sp³-hybridized carbons (Fsp3) is 0.632. The van der Waals surface area contributed by atoms with E-state index in [1.807, 2.05) is 0 Å². The number of hydrogen-bond acceptors (Lipinski definition) is 5. The zero-order valence-corrected chi connectivity index (χ0v) is 15.7. The lowest BCUT2D eigenvalue weighted by atomic mass is 9.95. The van der Waals surface area contributed by atoms with Crippen LogP contribution in [0.3, 0.4) is 0 Å². The third-order valence-corrected chi connectivity index (χ3v) is 4.18. The number of nitrogens with one attached hydrogen (secondary N) is 2. The number of rotatable bonds is 5. The zero-order valence-electron chi connectivity index (χ0n) is 15.7. The minimum Gasteiger partial charge on any atom is -0.506 e. The summed E-state index contributed by atoms with van der Waals surface area (Å²) in [5.41, 5.74) is -0.0479. The first kappa shape index (κ1) is 20.0. The Balaban J connectivity index is 2.04. The van der Waals surface area contributed by atoms with Gasteiger partial charge in [0.2, 0.25) is 5.91 Å². The predicted molar refractivity (Wildman–Crippen MR) is 97.8 cm³/mol. The van der Waals surface area contributed by atoms with Crippen LogP contribution in [0.2, 0.25) is 0 Å². The number of carbonyl (C=O) groups excluding carboxylic acids is 2. The molecule has 1 unspecified atom stereocenters. The maximum absolute atomic E-state index is 12.7. The van der Waals surface area contributed by atoms with E-state index in [1.165, 1.54) is 18.7 Å². The number of ether oxygens (including phenoxy) is 1. The quantitative estimate of drug-likeness (QED) is 0.747. The minimum absolute atomic E-state index is 0.0528. The minimum atomic E-state index is -0.788. The first-order valence-corrected chi connectivity index (χ1v) is 9.17. The normalized spacial score (nSPS) is 16.6. The predicted octanol–water partition coefficient (Wildman–Crippen LogP) is 2.67. The number of amides is 2. The van der Waals surface area contributed by atoms with Crippen molar-refractivity contribution in [1.29, 1.82) is 0 Å². The molecular formula is C19H29N3O4. The van der Waals surface area contributed by atoms with Gasteiger partial charge in [0.05, 0.1) is 6.20 Å². The lowest BCUT2D eigenvalue weighted by molar-refractivity contribution is -0.124. The molecule has 0 aliphatic heterocycles. The van der Waals surface area contributed by atoms with Gasteiger partial charge in [-0.2, -0.15) is 0 Å². The van der Waals surface area contributed by atoms with Crippen LogP contribution in [0.5, 0.6) is 5.75 Å². The van der Waals surface area contributed by atoms with E-state index in [2.05, 4.69) is 15.6 Å². The number of aromatic nitrogens is 1. The van der Waals surface area contributed by atoms with E-state index < -0.39 is 17.7 Å². The zero-order chi connectivity index (χ0) is 19.2. The van der Waals surface area contributed by atoms with Gasteiger partial charge in [-0.1, -0.05) is 19.3 Å². The Bertz CT molecular complexity index is 604. The van der Waals surface area contributed by atoms with E-state index in [1.54, 1.807) is 26.8 Å². The van der Waals surface area contributed by atoms with Crippen LogP contribution in [0.15, 0.2) is 18.3 Å². The van der Waals surface area contributed by atoms with Crippen molar-refractivity contribution in [2.75, 3.05) is 0 Å². The Labute approximate surface area is 154 Å². The van der Waals surface area contributed by atoms with E-state index in [0.29, 0.717) is 5.69 Å². The van der Waals surface area contributed by atoms with Crippen LogP contribution in [0.25, 0.3) is 0 Å². The Kier molecular flexibility index (Phi) is 6.83. The van der Waals surface area contributed by atoms with Crippen LogP contribution in [0.4, 0.5) is 4.79 Å². The molecule has 1 atom stereocenters. The molecule has 1 heterocycles. The van der Waals surface area contributed by atoms with Crippen molar-refractivity contribution in [3.05, 3.63) is 24.0 Å². The summed E-state index contributed by atoms with van der Waals surface area (Å²) in [5, 5.41) is 15.0. The van der Waals surface area contributed by atoms with Crippen molar-refractivity contribution in [1.82, 2.24) is 15.6 Å². The van der Waals surface area contributed by atoms with Crippen LogP contribution in [0.1, 0.15) is 58.6 Å². The van der Waals surface area contributed by atoms with Crippen LogP contribution in [-0.4, -0.2) is 39.8 Å². The highest BCUT2D eigenvalue weighted by Crippen LogP contribution is 2.18. The summed E-state index contributed by atoms with van der Waals surface area (Å²) >= 11 is 0. The molecule has 1 saturated carbocycles. The second-order valence-electron chi connectivity index (χ2n) is 7.75. The average Bonchev–Trinajstić information content (AvgIpc) is 2.55. The Morgan fingerprint density at radius 3 is 2.54 bits per heavy atom. The number of pyridine rings is 1. The lowest BCUT2D eigenvalue weighted by Gasteiger charge is -2.27. The van der Waals surface area contributed by atoms with Crippen molar-refractivity contribution in [3.8, 4) is 5.75 Å². The molecule has 26 heavy (non-hydrogen) atoms. The monoisotopic (exact) mass is 363 g/mol. The topological polar surface area (TPSA) is 101 Å². The van der Waals surface area contributed by atoms with E-state index >= 15 is 0 Å². The third-order valence-electron chi connectivity index (χ3n) is 4.18. The van der Waals surface area contributed by atoms with Crippen LogP contribution in [-0.2, 0) is 16.0 Å². The van der Waals surface area contributed by atoms with Crippen LogP contribution in [0, 0.1) is 0 Å². The maximum Gasteiger partial charge on any atom is 0.408 e. The van der Waals surface area contributed by atoms with Crippen LogP contribution >= 0.6 is 0 Å². The SMILES string of the molecule is CC(C)(C)OC(=O)NC(Cc1ccc(O)cn1)C(=O)NC1CCCCC1. The highest BCUT2D eigenvalue weighted by atomic mass is 16.6. The molecule has 0 bridgehead atoms. The molecule has 0 saturated heterocycles. The van der Waals surface area contributed by atoms with Crippen molar-refractivity contribution in [3.63, 3.8) is 0 Å². The molecule has 1 aromatic heterocycles. The second-order valence-corrected chi connectivity index (χ2v) is 7.75. The van der Waals surface area contributed by atoms with E-state index in [9.17, 15) is 14.7 Å². The Morgan fingerprint density at radius 2 is 1.96 bits per heavy atom. The average molecular weight is 363 g/mol. The second kappa shape index (κ2) is 8.87. The molecule has 7 heteroatoms. The lowest BCUT2D eigenvalue weighted by Crippen LogP contribution is -2.52. The van der Waals surface area contributed by atoms with Gasteiger partial charge in [-0.05, 0) is 45.7 Å². The van der Waals surface area contributed by atoms with Gasteiger partial charge in [-0.15, -0.1) is 0 Å². The maximum atomic E-state index is 12.7. The highest BCUT2D eigenvalue weighted by Gasteiger charge is 2.27. The number of alkyl carbamates (subject to hydrolysis) is 1. The number of nitrogens with zero attached hydrogens (tertiary/aromatic N) is 1. The standard InChI is InChI=1S/C19H29N3O4/c1-19(2,3)26-18(25)22-16(11-14-9-10-15(23)12-20-14)17(24)21-13-7-5-4-6-8-13/h9-10,12-13,16,23H,4-8,11H2,1-3H3,(H,21,24)(H,22,25). The molecule has 2 rings (SSSR count). The van der Waals surface area contributed by atoms with E-state index in [4.69, 9.17) is 4.74 Å². The number of aromatic hydroxyl groups is 1. The summed E-state index contributed by atoms with van der Waals surface area (Å²) in [7, 11) is 0. The van der Waals surface area contributed by atoms with Gasteiger partial charge in [0.15, 0.2) is 0 Å².